The lowest BCUT2D eigenvalue weighted by Gasteiger charge is -2.40. The van der Waals surface area contributed by atoms with Crippen LogP contribution in [-0.4, -0.2) is 35.2 Å². The molecular weight excluding hydrogens is 210 g/mol. The molecule has 1 fully saturated rings. The van der Waals surface area contributed by atoms with Crippen LogP contribution in [0.3, 0.4) is 0 Å². The Kier molecular flexibility index (Phi) is 5.94. The Bertz CT molecular complexity index is 205. The van der Waals surface area contributed by atoms with Crippen LogP contribution >= 0.6 is 0 Å². The van der Waals surface area contributed by atoms with Gasteiger partial charge in [0.05, 0.1) is 6.10 Å². The van der Waals surface area contributed by atoms with Crippen molar-refractivity contribution in [2.24, 2.45) is 17.8 Å². The molecule has 0 aromatic heterocycles. The van der Waals surface area contributed by atoms with E-state index in [1.54, 1.807) is 0 Å². The molecule has 0 amide bonds. The molecule has 2 nitrogen and oxygen atoms in total. The maximum absolute atomic E-state index is 10.3. The van der Waals surface area contributed by atoms with Gasteiger partial charge in [-0.15, -0.1) is 0 Å². The van der Waals surface area contributed by atoms with Gasteiger partial charge in [-0.05, 0) is 51.5 Å². The smallest absolute Gasteiger partial charge is 0.0585 e. The minimum Gasteiger partial charge on any atom is -0.393 e. The normalized spacial score (nSPS) is 34.6. The highest BCUT2D eigenvalue weighted by Gasteiger charge is 2.34. The highest BCUT2D eigenvalue weighted by atomic mass is 16.3. The van der Waals surface area contributed by atoms with Crippen molar-refractivity contribution in [3.8, 4) is 0 Å². The van der Waals surface area contributed by atoms with E-state index in [0.717, 1.165) is 19.5 Å². The summed E-state index contributed by atoms with van der Waals surface area (Å²) in [6.45, 7) is 13.6. The van der Waals surface area contributed by atoms with Crippen LogP contribution in [-0.2, 0) is 0 Å². The van der Waals surface area contributed by atoms with E-state index >= 15 is 0 Å². The molecule has 1 N–H and O–H groups in total. The zero-order valence-corrected chi connectivity index (χ0v) is 12.3. The van der Waals surface area contributed by atoms with E-state index < -0.39 is 0 Å². The van der Waals surface area contributed by atoms with Gasteiger partial charge in [-0.1, -0.05) is 20.8 Å². The lowest BCUT2D eigenvalue weighted by atomic mass is 9.73. The third kappa shape index (κ3) is 4.26. The summed E-state index contributed by atoms with van der Waals surface area (Å²) in [7, 11) is 0. The van der Waals surface area contributed by atoms with Crippen LogP contribution in [0.25, 0.3) is 0 Å². The first-order valence-corrected chi connectivity index (χ1v) is 7.37. The highest BCUT2D eigenvalue weighted by molar-refractivity contribution is 4.85. The number of aliphatic hydroxyl groups is 1. The van der Waals surface area contributed by atoms with Gasteiger partial charge in [-0.2, -0.15) is 0 Å². The first-order valence-electron chi connectivity index (χ1n) is 7.37. The molecule has 17 heavy (non-hydrogen) atoms. The summed E-state index contributed by atoms with van der Waals surface area (Å²) in [5, 5.41) is 10.3. The van der Waals surface area contributed by atoms with E-state index in [4.69, 9.17) is 0 Å². The van der Waals surface area contributed by atoms with Crippen LogP contribution in [0.5, 0.6) is 0 Å². The van der Waals surface area contributed by atoms with Crippen molar-refractivity contribution in [2.45, 2.75) is 66.0 Å². The van der Waals surface area contributed by atoms with Crippen molar-refractivity contribution in [1.29, 1.82) is 0 Å². The summed E-state index contributed by atoms with van der Waals surface area (Å²) in [6.07, 6.45) is 3.38. The fraction of sp³-hybridized carbons (Fsp3) is 1.00. The van der Waals surface area contributed by atoms with Crippen molar-refractivity contribution >= 4 is 0 Å². The molecule has 0 aromatic carbocycles. The molecule has 4 atom stereocenters. The van der Waals surface area contributed by atoms with E-state index in [9.17, 15) is 5.11 Å². The van der Waals surface area contributed by atoms with Gasteiger partial charge in [0.2, 0.25) is 0 Å². The SMILES string of the molecule is CCCN(CC1C(C)CC(C)CC1O)C(C)C. The van der Waals surface area contributed by atoms with Crippen molar-refractivity contribution in [3.63, 3.8) is 0 Å². The Morgan fingerprint density at radius 3 is 2.35 bits per heavy atom. The summed E-state index contributed by atoms with van der Waals surface area (Å²) in [6, 6.07) is 0.591. The molecular formula is C15H31NO. The minimum atomic E-state index is -0.0909. The predicted octanol–water partition coefficient (Wildman–Crippen LogP) is 3.15. The zero-order valence-electron chi connectivity index (χ0n) is 12.3. The quantitative estimate of drug-likeness (QED) is 0.799. The first kappa shape index (κ1) is 15.0. The van der Waals surface area contributed by atoms with Crippen molar-refractivity contribution in [3.05, 3.63) is 0 Å². The number of rotatable bonds is 5. The van der Waals surface area contributed by atoms with Crippen LogP contribution < -0.4 is 0 Å². The average molecular weight is 241 g/mol. The highest BCUT2D eigenvalue weighted by Crippen LogP contribution is 2.34. The number of nitrogens with zero attached hydrogens (tertiary/aromatic N) is 1. The third-order valence-electron chi connectivity index (χ3n) is 4.33. The van der Waals surface area contributed by atoms with Gasteiger partial charge in [-0.25, -0.2) is 0 Å². The molecule has 102 valence electrons. The van der Waals surface area contributed by atoms with E-state index in [1.807, 2.05) is 0 Å². The van der Waals surface area contributed by atoms with Crippen LogP contribution in [0.15, 0.2) is 0 Å². The summed E-state index contributed by atoms with van der Waals surface area (Å²) in [4.78, 5) is 2.53. The zero-order chi connectivity index (χ0) is 13.0. The summed E-state index contributed by atoms with van der Waals surface area (Å²) in [5.74, 6) is 1.82. The van der Waals surface area contributed by atoms with Gasteiger partial charge in [0.15, 0.2) is 0 Å². The van der Waals surface area contributed by atoms with E-state index in [2.05, 4.69) is 39.5 Å². The summed E-state index contributed by atoms with van der Waals surface area (Å²) < 4.78 is 0. The molecule has 1 rings (SSSR count). The van der Waals surface area contributed by atoms with E-state index in [1.165, 1.54) is 12.8 Å². The van der Waals surface area contributed by atoms with Crippen molar-refractivity contribution in [2.75, 3.05) is 13.1 Å². The molecule has 0 radical (unpaired) electrons. The largest absolute Gasteiger partial charge is 0.393 e. The van der Waals surface area contributed by atoms with Gasteiger partial charge in [0.1, 0.15) is 0 Å². The van der Waals surface area contributed by atoms with Gasteiger partial charge >= 0.3 is 0 Å². The molecule has 1 saturated carbocycles. The Hall–Kier alpha value is -0.0800. The lowest BCUT2D eigenvalue weighted by molar-refractivity contribution is -0.00670. The molecule has 0 saturated heterocycles. The molecule has 2 heteroatoms. The van der Waals surface area contributed by atoms with E-state index in [0.29, 0.717) is 23.8 Å². The van der Waals surface area contributed by atoms with Gasteiger partial charge in [0, 0.05) is 18.5 Å². The minimum absolute atomic E-state index is 0.0909. The second kappa shape index (κ2) is 6.75. The molecule has 0 bridgehead atoms. The number of aliphatic hydroxyl groups excluding tert-OH is 1. The Morgan fingerprint density at radius 1 is 1.24 bits per heavy atom. The second-order valence-corrected chi connectivity index (χ2v) is 6.37. The predicted molar refractivity (Wildman–Crippen MR) is 74.1 cm³/mol. The number of hydrogen-bond acceptors (Lipinski definition) is 2. The Labute approximate surface area is 107 Å². The average Bonchev–Trinajstić information content (AvgIpc) is 2.21. The van der Waals surface area contributed by atoms with Crippen LogP contribution in [0.2, 0.25) is 0 Å². The lowest BCUT2D eigenvalue weighted by Crippen LogP contribution is -2.45. The van der Waals surface area contributed by atoms with Gasteiger partial charge in [0.25, 0.3) is 0 Å². The molecule has 1 aliphatic rings. The Balaban J connectivity index is 2.58. The second-order valence-electron chi connectivity index (χ2n) is 6.37. The third-order valence-corrected chi connectivity index (χ3v) is 4.33. The fourth-order valence-electron chi connectivity index (χ4n) is 3.29. The molecule has 0 aromatic rings. The first-order chi connectivity index (χ1) is 7.95. The maximum Gasteiger partial charge on any atom is 0.0585 e. The molecule has 1 aliphatic carbocycles. The van der Waals surface area contributed by atoms with Crippen LogP contribution in [0.4, 0.5) is 0 Å². The van der Waals surface area contributed by atoms with Crippen LogP contribution in [0, 0.1) is 17.8 Å². The molecule has 0 heterocycles. The molecule has 0 aliphatic heterocycles. The van der Waals surface area contributed by atoms with Crippen LogP contribution in [0.1, 0.15) is 53.9 Å². The monoisotopic (exact) mass is 241 g/mol. The van der Waals surface area contributed by atoms with E-state index in [-0.39, 0.29) is 6.10 Å². The van der Waals surface area contributed by atoms with Gasteiger partial charge in [-0.3, -0.25) is 0 Å². The summed E-state index contributed by atoms with van der Waals surface area (Å²) >= 11 is 0. The van der Waals surface area contributed by atoms with Crippen molar-refractivity contribution < 1.29 is 5.11 Å². The molecule has 0 spiro atoms. The molecule has 4 unspecified atom stereocenters. The van der Waals surface area contributed by atoms with Gasteiger partial charge < -0.3 is 10.0 Å². The topological polar surface area (TPSA) is 23.5 Å². The summed E-state index contributed by atoms with van der Waals surface area (Å²) in [5.41, 5.74) is 0. The maximum atomic E-state index is 10.3. The Morgan fingerprint density at radius 2 is 1.88 bits per heavy atom. The number of hydrogen-bond donors (Lipinski definition) is 1. The fourth-order valence-corrected chi connectivity index (χ4v) is 3.29. The standard InChI is InChI=1S/C15H31NO/c1-6-7-16(11(2)3)10-14-13(5)8-12(4)9-15(14)17/h11-15,17H,6-10H2,1-5H3. The van der Waals surface area contributed by atoms with Crippen molar-refractivity contribution in [1.82, 2.24) is 4.90 Å².